The smallest absolute Gasteiger partial charge is 0.332 e. The first-order valence-electron chi connectivity index (χ1n) is 47.9. The lowest BCUT2D eigenvalue weighted by atomic mass is 10.0. The Morgan fingerprint density at radius 3 is 0.847 bits per heavy atom. The van der Waals surface area contributed by atoms with E-state index in [1.807, 2.05) is 13.8 Å². The number of aryl methyl sites for hydroxylation is 4. The highest BCUT2D eigenvalue weighted by molar-refractivity contribution is 7.73. The monoisotopic (exact) mass is 2140 g/mol. The van der Waals surface area contributed by atoms with Crippen molar-refractivity contribution >= 4 is 85.3 Å². The third-order valence-corrected chi connectivity index (χ3v) is 33.8. The van der Waals surface area contributed by atoms with Crippen molar-refractivity contribution in [3.8, 4) is 0 Å². The van der Waals surface area contributed by atoms with Crippen LogP contribution in [0.4, 0.5) is 0 Å². The van der Waals surface area contributed by atoms with Crippen LogP contribution >= 0.6 is 41.3 Å². The summed E-state index contributed by atoms with van der Waals surface area (Å²) in [5.41, 5.74) is -5.71. The van der Waals surface area contributed by atoms with Crippen molar-refractivity contribution in [1.29, 1.82) is 0 Å². The van der Waals surface area contributed by atoms with Gasteiger partial charge in [0, 0.05) is 75.1 Å². The minimum Gasteiger partial charge on any atom is -0.388 e. The highest BCUT2D eigenvalue weighted by Crippen LogP contribution is 2.47. The predicted molar refractivity (Wildman–Crippen MR) is 580 cm³/mol. The quantitative estimate of drug-likeness (QED) is 0.0192. The van der Waals surface area contributed by atoms with Crippen molar-refractivity contribution in [2.24, 2.45) is 0 Å². The van der Waals surface area contributed by atoms with Gasteiger partial charge in [-0.2, -0.15) is 0 Å². The highest BCUT2D eigenvalue weighted by Gasteiger charge is 2.51. The first-order valence-corrected chi connectivity index (χ1v) is 66.2. The first-order chi connectivity index (χ1) is 66.8. The zero-order valence-corrected chi connectivity index (χ0v) is 90.7. The predicted octanol–water partition coefficient (Wildman–Crippen LogP) is 0.878. The Morgan fingerprint density at radius 1 is 0.306 bits per heavy atom. The maximum absolute atomic E-state index is 12.2. The van der Waals surface area contributed by atoms with Gasteiger partial charge < -0.3 is 98.8 Å². The molecule has 810 valence electrons. The summed E-state index contributed by atoms with van der Waals surface area (Å²) in [6.07, 6.45) is 26.2. The lowest BCUT2D eigenvalue weighted by Crippen LogP contribution is -2.38. The van der Waals surface area contributed by atoms with Crippen molar-refractivity contribution in [3.05, 3.63) is 227 Å². The molecular formula is C96H156N12O30P6. The fourth-order valence-corrected chi connectivity index (χ4v) is 22.3. The van der Waals surface area contributed by atoms with Crippen LogP contribution in [0.25, 0.3) is 6.20 Å². The number of rotatable bonds is 36. The number of nitrogens with one attached hydrogen (secondary N) is 6. The fourth-order valence-electron chi connectivity index (χ4n) is 16.6. The summed E-state index contributed by atoms with van der Waals surface area (Å²) < 4.78 is 42.2. The van der Waals surface area contributed by atoms with Crippen LogP contribution in [0.1, 0.15) is 155 Å². The standard InChI is InChI=1S/C17H29N2O5P.C17H27N2O5P.C16H27N2O5P.C16H25N2O5P.C15H23N2O5P.C15H25N2O5P/c2*1-5-6-8-19-10-11(16(22)18-17(19)23)15-14(21)13(20)12(24-15)7-9-25(2,3)4;2*1-5-7-18-9-10(15(21)17-16(18)22)14-13(20)12(19)11(23-14)6-8-24(2,3)4;1-5-17-8-9(14(20)16-15(17)21)13-12(19)11(18)10(22-13)6-7-23(2,3)4;1-5-9-8-17(15(21)16-13(9)20)14-12(19)11(18)10(22-14)6-7-23(2,3)4/h10,12-15,20-21H,2,5-9H2,1,3-4H3,(H,18,22,23);5,10,12-15,20-21H,1-2,6-9H2,3-4H3,(H,18,22,23);9,11-14,19-20H,2,5-8H2,1,3-4H3,(H,17,21,22);5,9,11-14,19-20H,1-2,6-8H2,3-4H3,(H,17,21,22);5,8,10-13,18-19H,1-2,6-7H2,3-4H3,(H,16,20,21);8,10-12,14,18-19H,2,5-7H2,1,3-4H3,(H,16,20,21)/t2*12-,13-,14-,15+;2*11-,12-,13-,14+;10-,11-,12-,13+;10-,11-,12-,14-/m111111/s1. The van der Waals surface area contributed by atoms with E-state index >= 15 is 0 Å². The summed E-state index contributed by atoms with van der Waals surface area (Å²) in [5, 5.41) is 123. The second-order valence-corrected chi connectivity index (χ2v) is 67.5. The lowest BCUT2D eigenvalue weighted by Gasteiger charge is -2.19. The third kappa shape index (κ3) is 34.7. The highest BCUT2D eigenvalue weighted by atomic mass is 31.2. The van der Waals surface area contributed by atoms with E-state index in [1.165, 1.54) is 67.7 Å². The fraction of sp³-hybridized carbons (Fsp3) is 0.625. The molecule has 42 nitrogen and oxygen atoms in total. The van der Waals surface area contributed by atoms with Crippen molar-refractivity contribution in [3.63, 3.8) is 0 Å². The Morgan fingerprint density at radius 2 is 0.569 bits per heavy atom. The van der Waals surface area contributed by atoms with Crippen LogP contribution in [0.2, 0.25) is 0 Å². The molecule has 6 aromatic rings. The molecule has 12 rings (SSSR count). The van der Waals surface area contributed by atoms with Crippen LogP contribution in [0.15, 0.2) is 127 Å². The molecule has 0 unspecified atom stereocenters. The van der Waals surface area contributed by atoms with Gasteiger partial charge in [-0.3, -0.25) is 76.9 Å². The number of allylic oxidation sites excluding steroid dienone is 2. The van der Waals surface area contributed by atoms with Crippen LogP contribution in [0.3, 0.4) is 0 Å². The second-order valence-electron chi connectivity index (χ2n) is 41.6. The van der Waals surface area contributed by atoms with Crippen LogP contribution < -0.4 is 67.5 Å². The summed E-state index contributed by atoms with van der Waals surface area (Å²) in [4.78, 5) is 156. The molecule has 6 saturated heterocycles. The Labute approximate surface area is 836 Å². The van der Waals surface area contributed by atoms with E-state index < -0.39 is 255 Å². The van der Waals surface area contributed by atoms with Gasteiger partial charge in [-0.05, 0) is 181 Å². The van der Waals surface area contributed by atoms with Crippen molar-refractivity contribution in [2.75, 3.05) is 117 Å². The van der Waals surface area contributed by atoms with Crippen LogP contribution in [-0.2, 0) is 61.0 Å². The number of aromatic nitrogens is 12. The summed E-state index contributed by atoms with van der Waals surface area (Å²) >= 11 is 0. The maximum Gasteiger partial charge on any atom is 0.332 e. The molecule has 0 aliphatic carbocycles. The van der Waals surface area contributed by atoms with Gasteiger partial charge in [-0.25, -0.2) is 28.8 Å². The van der Waals surface area contributed by atoms with Gasteiger partial charge in [0.25, 0.3) is 33.4 Å². The maximum atomic E-state index is 12.2. The summed E-state index contributed by atoms with van der Waals surface area (Å²) in [6, 6.07) is 0. The van der Waals surface area contributed by atoms with Gasteiger partial charge in [0.2, 0.25) is 0 Å². The van der Waals surface area contributed by atoms with Crippen LogP contribution in [0.5, 0.6) is 0 Å². The number of unbranched alkanes of at least 4 members (excludes halogenated alkanes) is 1. The van der Waals surface area contributed by atoms with Gasteiger partial charge in [-0.1, -0.05) is 45.9 Å². The molecule has 6 aliphatic rings. The Balaban J connectivity index is 0.000000234. The minimum atomic E-state index is -1.29. The average molecular weight is 2140 g/mol. The SMILES string of the molecule is C=CCCn1cc([C@@H]2O[C@H](CCP(=C)(C)C)[C@@H](O)[C@H]2O)c(=O)[nH]c1=O.C=CCn1cc([C@@H]2O[C@H](CCP(=C)(C)C)[C@@H](O)[C@H]2O)c(=O)[nH]c1=O.C=Cn1cc([C@@H]2O[C@H](CCP(=C)(C)C)[C@@H](O)[C@H]2O)c(=O)[nH]c1=O.C=P(C)(C)CC[C@H]1O[C@@H](c2cn(CCC)c(=O)[nH]c2=O)[C@H](O)[C@@H]1O.C=P(C)(C)CC[C@H]1O[C@@H](c2cn(CCCC)c(=O)[nH]c2=O)[C@H](O)[C@@H]1O.C=P(C)(C)CC[C@H]1O[C@@H](n2cc(CC)c(=O)[nH]c2=O)[C@H](O)[C@@H]1O. The molecule has 0 bridgehead atoms. The van der Waals surface area contributed by atoms with Crippen molar-refractivity contribution in [1.82, 2.24) is 57.3 Å². The summed E-state index contributed by atoms with van der Waals surface area (Å²) in [6.45, 7) is 35.2. The number of aliphatic hydroxyl groups is 12. The van der Waals surface area contributed by atoms with Gasteiger partial charge in [-0.15, -0.1) is 92.3 Å². The average Bonchev–Trinajstić information content (AvgIpc) is 1.70. The molecule has 0 saturated carbocycles. The summed E-state index contributed by atoms with van der Waals surface area (Å²) in [7, 11) is 0. The van der Waals surface area contributed by atoms with Crippen LogP contribution in [0, 0.1) is 0 Å². The molecule has 0 aromatic carbocycles. The van der Waals surface area contributed by atoms with Gasteiger partial charge >= 0.3 is 34.1 Å². The van der Waals surface area contributed by atoms with E-state index in [4.69, 9.17) is 28.4 Å². The number of aliphatic hydroxyl groups excluding tert-OH is 12. The van der Waals surface area contributed by atoms with E-state index in [0.29, 0.717) is 76.6 Å². The van der Waals surface area contributed by atoms with E-state index in [0.717, 1.165) is 65.4 Å². The Kier molecular flexibility index (Phi) is 45.5. The molecule has 18 N–H and O–H groups in total. The van der Waals surface area contributed by atoms with E-state index in [-0.39, 0.29) is 34.4 Å². The Bertz CT molecular complexity index is 6470. The molecule has 6 aromatic heterocycles. The number of ether oxygens (including phenoxy) is 6. The number of hydrogen-bond donors (Lipinski definition) is 18. The molecule has 12 heterocycles. The summed E-state index contributed by atoms with van der Waals surface area (Å²) in [5.74, 6) is 0. The Hall–Kier alpha value is -7.62. The number of hydrogen-bond acceptors (Lipinski definition) is 30. The third-order valence-electron chi connectivity index (χ3n) is 25.0. The van der Waals surface area contributed by atoms with Gasteiger partial charge in [0.1, 0.15) is 104 Å². The molecule has 24 atom stereocenters. The molecule has 0 amide bonds. The van der Waals surface area contributed by atoms with Gasteiger partial charge in [0.15, 0.2) is 6.23 Å². The zero-order valence-electron chi connectivity index (χ0n) is 85.3. The van der Waals surface area contributed by atoms with Crippen molar-refractivity contribution in [2.45, 2.75) is 264 Å². The largest absolute Gasteiger partial charge is 0.388 e. The second kappa shape index (κ2) is 53.2. The van der Waals surface area contributed by atoms with Crippen LogP contribution in [-0.4, -0.2) is 383 Å². The van der Waals surface area contributed by atoms with Crippen molar-refractivity contribution < 1.29 is 89.7 Å². The topological polar surface area (TPSA) is 627 Å². The number of H-pyrrole nitrogens is 6. The molecule has 6 aliphatic heterocycles. The zero-order chi connectivity index (χ0) is 108. The lowest BCUT2D eigenvalue weighted by molar-refractivity contribution is -0.0403. The van der Waals surface area contributed by atoms with Gasteiger partial charge in [0.05, 0.1) is 64.4 Å². The molecular weight excluding hydrogens is 1990 g/mol. The molecule has 0 radical (unpaired) electrons. The first kappa shape index (κ1) is 123. The van der Waals surface area contributed by atoms with E-state index in [2.05, 4.69) is 167 Å². The molecule has 48 heteroatoms. The van der Waals surface area contributed by atoms with E-state index in [9.17, 15) is 119 Å². The number of aromatic amines is 6. The normalized spacial score (nSPS) is 27.4. The number of nitrogens with zero attached hydrogens (tertiary/aromatic N) is 6. The molecule has 0 spiro atoms. The minimum absolute atomic E-state index is 0.0854. The molecule has 144 heavy (non-hydrogen) atoms. The van der Waals surface area contributed by atoms with E-state index in [1.54, 1.807) is 13.0 Å². The molecule has 6 fully saturated rings.